The van der Waals surface area contributed by atoms with Crippen molar-refractivity contribution >= 4 is 29.4 Å². The molecule has 0 bridgehead atoms. The molecule has 1 aromatic rings. The molecule has 0 spiro atoms. The number of nitrogens with one attached hydrogen (secondary N) is 1. The maximum absolute atomic E-state index is 12.5. The van der Waals surface area contributed by atoms with Crippen molar-refractivity contribution in [2.24, 2.45) is 0 Å². The van der Waals surface area contributed by atoms with Gasteiger partial charge in [0.15, 0.2) is 0 Å². The number of benzene rings is 1. The third-order valence-corrected chi connectivity index (χ3v) is 3.39. The van der Waals surface area contributed by atoms with Crippen LogP contribution in [0.2, 0.25) is 5.02 Å². The highest BCUT2D eigenvalue weighted by Crippen LogP contribution is 2.19. The van der Waals surface area contributed by atoms with Crippen LogP contribution < -0.4 is 5.32 Å². The minimum atomic E-state index is -1.15. The largest absolute Gasteiger partial charge is 0.480 e. The van der Waals surface area contributed by atoms with Crippen LogP contribution in [0.4, 0.5) is 0 Å². The van der Waals surface area contributed by atoms with E-state index >= 15 is 0 Å². The second-order valence-electron chi connectivity index (χ2n) is 4.55. The van der Waals surface area contributed by atoms with E-state index in [0.717, 1.165) is 4.90 Å². The van der Waals surface area contributed by atoms with Crippen LogP contribution in [0.5, 0.6) is 0 Å². The van der Waals surface area contributed by atoms with E-state index in [1.807, 2.05) is 0 Å². The molecule has 2 rings (SSSR count). The maximum Gasteiger partial charge on any atom is 0.328 e. The predicted molar refractivity (Wildman–Crippen MR) is 71.7 cm³/mol. The van der Waals surface area contributed by atoms with Gasteiger partial charge >= 0.3 is 5.97 Å². The summed E-state index contributed by atoms with van der Waals surface area (Å²) in [5.74, 6) is -2.04. The second-order valence-corrected chi connectivity index (χ2v) is 4.99. The van der Waals surface area contributed by atoms with Crippen molar-refractivity contribution < 1.29 is 19.5 Å². The van der Waals surface area contributed by atoms with Crippen LogP contribution in [0.3, 0.4) is 0 Å². The number of aryl methyl sites for hydroxylation is 1. The van der Waals surface area contributed by atoms with Gasteiger partial charge in [0, 0.05) is 17.1 Å². The lowest BCUT2D eigenvalue weighted by molar-refractivity contribution is -0.144. The molecule has 1 atom stereocenters. The maximum atomic E-state index is 12.5. The molecule has 0 aliphatic carbocycles. The average molecular weight is 297 g/mol. The first-order valence-electron chi connectivity index (χ1n) is 5.97. The molecule has 1 aliphatic heterocycles. The quantitative estimate of drug-likeness (QED) is 0.840. The first kappa shape index (κ1) is 14.3. The number of amides is 2. The highest BCUT2D eigenvalue weighted by molar-refractivity contribution is 6.31. The normalized spacial score (nSPS) is 18.6. The highest BCUT2D eigenvalue weighted by Gasteiger charge is 2.36. The summed E-state index contributed by atoms with van der Waals surface area (Å²) < 4.78 is 0. The standard InChI is InChI=1S/C13H13ClN2O4/c1-7-2-3-8(14)4-9(7)12(18)16-6-11(17)15-5-10(16)13(19)20/h2-4,10H,5-6H2,1H3,(H,15,17)(H,19,20). The van der Waals surface area contributed by atoms with Crippen molar-refractivity contribution in [2.45, 2.75) is 13.0 Å². The molecule has 1 saturated heterocycles. The Bertz CT molecular complexity index is 588. The average Bonchev–Trinajstić information content (AvgIpc) is 2.40. The van der Waals surface area contributed by atoms with Gasteiger partial charge < -0.3 is 15.3 Å². The van der Waals surface area contributed by atoms with Crippen molar-refractivity contribution in [3.63, 3.8) is 0 Å². The van der Waals surface area contributed by atoms with Crippen molar-refractivity contribution in [3.05, 3.63) is 34.3 Å². The summed E-state index contributed by atoms with van der Waals surface area (Å²) >= 11 is 5.86. The first-order chi connectivity index (χ1) is 9.40. The summed E-state index contributed by atoms with van der Waals surface area (Å²) in [6, 6.07) is 3.73. The number of halogens is 1. The van der Waals surface area contributed by atoms with E-state index in [0.29, 0.717) is 16.1 Å². The Morgan fingerprint density at radius 2 is 2.15 bits per heavy atom. The van der Waals surface area contributed by atoms with E-state index in [9.17, 15) is 14.4 Å². The van der Waals surface area contributed by atoms with Crippen LogP contribution in [-0.4, -0.2) is 46.9 Å². The molecule has 1 heterocycles. The van der Waals surface area contributed by atoms with Crippen LogP contribution in [-0.2, 0) is 9.59 Å². The first-order valence-corrected chi connectivity index (χ1v) is 6.34. The summed E-state index contributed by atoms with van der Waals surface area (Å²) in [4.78, 5) is 36.1. The Balaban J connectivity index is 2.36. The number of aliphatic carboxylic acids is 1. The molecule has 1 unspecified atom stereocenters. The smallest absolute Gasteiger partial charge is 0.328 e. The van der Waals surface area contributed by atoms with Gasteiger partial charge in [-0.1, -0.05) is 17.7 Å². The number of carboxylic acids is 1. The Morgan fingerprint density at radius 3 is 2.80 bits per heavy atom. The fraction of sp³-hybridized carbons (Fsp3) is 0.308. The number of rotatable bonds is 2. The van der Waals surface area contributed by atoms with Gasteiger partial charge in [-0.05, 0) is 24.6 Å². The summed E-state index contributed by atoms with van der Waals surface area (Å²) in [5.41, 5.74) is 0.980. The summed E-state index contributed by atoms with van der Waals surface area (Å²) in [6.07, 6.45) is 0. The van der Waals surface area contributed by atoms with Crippen LogP contribution in [0, 0.1) is 6.92 Å². The summed E-state index contributed by atoms with van der Waals surface area (Å²) in [7, 11) is 0. The van der Waals surface area contributed by atoms with Crippen molar-refractivity contribution in [2.75, 3.05) is 13.1 Å². The Labute approximate surface area is 120 Å². The van der Waals surface area contributed by atoms with E-state index in [-0.39, 0.29) is 19.0 Å². The monoisotopic (exact) mass is 296 g/mol. The Morgan fingerprint density at radius 1 is 1.45 bits per heavy atom. The zero-order valence-electron chi connectivity index (χ0n) is 10.7. The topological polar surface area (TPSA) is 86.7 Å². The SMILES string of the molecule is Cc1ccc(Cl)cc1C(=O)N1CC(=O)NCC1C(=O)O. The Kier molecular flexibility index (Phi) is 3.94. The molecule has 2 amide bonds. The van der Waals surface area contributed by atoms with E-state index in [1.54, 1.807) is 19.1 Å². The molecule has 1 aliphatic rings. The van der Waals surface area contributed by atoms with Gasteiger partial charge in [-0.15, -0.1) is 0 Å². The summed E-state index contributed by atoms with van der Waals surface area (Å²) in [6.45, 7) is 1.35. The van der Waals surface area contributed by atoms with Gasteiger partial charge in [-0.25, -0.2) is 4.79 Å². The van der Waals surface area contributed by atoms with Crippen LogP contribution in [0.25, 0.3) is 0 Å². The fourth-order valence-electron chi connectivity index (χ4n) is 2.05. The number of hydrogen-bond donors (Lipinski definition) is 2. The van der Waals surface area contributed by atoms with E-state index < -0.39 is 17.9 Å². The van der Waals surface area contributed by atoms with E-state index in [1.165, 1.54) is 6.07 Å². The lowest BCUT2D eigenvalue weighted by atomic mass is 10.1. The van der Waals surface area contributed by atoms with E-state index in [2.05, 4.69) is 5.32 Å². The molecule has 6 nitrogen and oxygen atoms in total. The van der Waals surface area contributed by atoms with Gasteiger partial charge in [-0.3, -0.25) is 9.59 Å². The van der Waals surface area contributed by atoms with Crippen molar-refractivity contribution in [1.82, 2.24) is 10.2 Å². The molecule has 1 fully saturated rings. The second kappa shape index (κ2) is 5.50. The van der Waals surface area contributed by atoms with E-state index in [4.69, 9.17) is 16.7 Å². The third-order valence-electron chi connectivity index (χ3n) is 3.16. The number of carbonyl (C=O) groups excluding carboxylic acids is 2. The molecule has 1 aromatic carbocycles. The number of nitrogens with zero attached hydrogens (tertiary/aromatic N) is 1. The highest BCUT2D eigenvalue weighted by atomic mass is 35.5. The molecule has 7 heteroatoms. The molecular formula is C13H13ClN2O4. The van der Waals surface area contributed by atoms with Crippen LogP contribution in [0.15, 0.2) is 18.2 Å². The van der Waals surface area contributed by atoms with Gasteiger partial charge in [0.05, 0.1) is 0 Å². The lowest BCUT2D eigenvalue weighted by Crippen LogP contribution is -2.59. The van der Waals surface area contributed by atoms with Crippen LogP contribution >= 0.6 is 11.6 Å². The predicted octanol–water partition coefficient (Wildman–Crippen LogP) is 0.674. The zero-order valence-corrected chi connectivity index (χ0v) is 11.5. The number of hydrogen-bond acceptors (Lipinski definition) is 3. The fourth-order valence-corrected chi connectivity index (χ4v) is 2.23. The minimum absolute atomic E-state index is 0.0977. The number of piperazine rings is 1. The molecule has 0 saturated carbocycles. The number of carboxylic acid groups (broad SMARTS) is 1. The summed E-state index contributed by atoms with van der Waals surface area (Å²) in [5, 5.41) is 12.0. The van der Waals surface area contributed by atoms with Crippen LogP contribution in [0.1, 0.15) is 15.9 Å². The molecule has 20 heavy (non-hydrogen) atoms. The zero-order chi connectivity index (χ0) is 14.9. The molecule has 106 valence electrons. The third kappa shape index (κ3) is 2.75. The molecule has 2 N–H and O–H groups in total. The van der Waals surface area contributed by atoms with Crippen molar-refractivity contribution in [1.29, 1.82) is 0 Å². The number of carbonyl (C=O) groups is 3. The Hall–Kier alpha value is -2.08. The minimum Gasteiger partial charge on any atom is -0.480 e. The van der Waals surface area contributed by atoms with Gasteiger partial charge in [-0.2, -0.15) is 0 Å². The molecular weight excluding hydrogens is 284 g/mol. The molecule has 0 radical (unpaired) electrons. The van der Waals surface area contributed by atoms with Gasteiger partial charge in [0.25, 0.3) is 5.91 Å². The van der Waals surface area contributed by atoms with Crippen molar-refractivity contribution in [3.8, 4) is 0 Å². The lowest BCUT2D eigenvalue weighted by Gasteiger charge is -2.33. The van der Waals surface area contributed by atoms with Gasteiger partial charge in [0.2, 0.25) is 5.91 Å². The van der Waals surface area contributed by atoms with Gasteiger partial charge in [0.1, 0.15) is 12.6 Å². The molecule has 0 aromatic heterocycles.